The van der Waals surface area contributed by atoms with Crippen molar-refractivity contribution in [2.45, 2.75) is 26.7 Å². The van der Waals surface area contributed by atoms with Crippen molar-refractivity contribution in [2.75, 3.05) is 6.61 Å². The molecule has 0 spiro atoms. The van der Waals surface area contributed by atoms with Gasteiger partial charge in [0.2, 0.25) is 0 Å². The highest BCUT2D eigenvalue weighted by Crippen LogP contribution is 2.21. The number of carbonyl (C=O) groups excluding carboxylic acids is 2. The molecule has 0 radical (unpaired) electrons. The molecule has 2 rings (SSSR count). The van der Waals surface area contributed by atoms with E-state index in [4.69, 9.17) is 9.47 Å². The van der Waals surface area contributed by atoms with E-state index in [9.17, 15) is 14.7 Å². The Kier molecular flexibility index (Phi) is 5.58. The first-order valence-electron chi connectivity index (χ1n) is 7.60. The van der Waals surface area contributed by atoms with Crippen LogP contribution in [0.1, 0.15) is 29.5 Å². The van der Waals surface area contributed by atoms with Gasteiger partial charge in [-0.05, 0) is 50.1 Å². The first-order chi connectivity index (χ1) is 11.4. The fourth-order valence-corrected chi connectivity index (χ4v) is 2.22. The number of phenolic OH excluding ortho intramolecular Hbond substituents is 1. The quantitative estimate of drug-likeness (QED) is 0.674. The van der Waals surface area contributed by atoms with Crippen LogP contribution in [0.3, 0.4) is 0 Å². The lowest BCUT2D eigenvalue weighted by molar-refractivity contribution is -0.154. The van der Waals surface area contributed by atoms with Crippen LogP contribution in [0.4, 0.5) is 0 Å². The van der Waals surface area contributed by atoms with Crippen LogP contribution in [0.2, 0.25) is 0 Å². The maximum atomic E-state index is 12.0. The summed E-state index contributed by atoms with van der Waals surface area (Å²) >= 11 is 0. The number of aryl methyl sites for hydroxylation is 2. The molecule has 0 aliphatic heterocycles. The van der Waals surface area contributed by atoms with Crippen molar-refractivity contribution in [3.8, 4) is 11.5 Å². The number of aromatic hydroxyl groups is 1. The number of rotatable bonds is 5. The van der Waals surface area contributed by atoms with E-state index in [1.807, 2.05) is 26.0 Å². The molecule has 126 valence electrons. The minimum Gasteiger partial charge on any atom is -0.508 e. The summed E-state index contributed by atoms with van der Waals surface area (Å²) in [6.45, 7) is 5.01. The van der Waals surface area contributed by atoms with Gasteiger partial charge < -0.3 is 14.6 Å². The fraction of sp³-hybridized carbons (Fsp3) is 0.263. The normalized spacial score (nSPS) is 11.6. The Hall–Kier alpha value is -2.82. The standard InChI is InChI=1S/C19H20O5/c1-12-4-9-17(13(2)10-12)24-18(21)11-23-19(22)14(3)15-5-7-16(20)8-6-15/h4-10,14,20H,11H2,1-3H3/t14-/m0/s1. The highest BCUT2D eigenvalue weighted by atomic mass is 16.6. The second-order valence-corrected chi connectivity index (χ2v) is 5.66. The van der Waals surface area contributed by atoms with E-state index in [1.54, 1.807) is 25.1 Å². The molecule has 24 heavy (non-hydrogen) atoms. The first-order valence-corrected chi connectivity index (χ1v) is 7.60. The summed E-state index contributed by atoms with van der Waals surface area (Å²) in [7, 11) is 0. The molecule has 0 heterocycles. The third-order valence-electron chi connectivity index (χ3n) is 3.63. The van der Waals surface area contributed by atoms with Gasteiger partial charge in [0.05, 0.1) is 5.92 Å². The van der Waals surface area contributed by atoms with Crippen LogP contribution in [-0.2, 0) is 14.3 Å². The lowest BCUT2D eigenvalue weighted by atomic mass is 10.0. The molecule has 1 N–H and O–H groups in total. The van der Waals surface area contributed by atoms with Gasteiger partial charge in [-0.2, -0.15) is 0 Å². The molecule has 0 saturated carbocycles. The molecule has 0 unspecified atom stereocenters. The Morgan fingerprint density at radius 1 is 1.08 bits per heavy atom. The zero-order chi connectivity index (χ0) is 17.7. The number of esters is 2. The van der Waals surface area contributed by atoms with Crippen molar-refractivity contribution in [3.63, 3.8) is 0 Å². The number of carbonyl (C=O) groups is 2. The van der Waals surface area contributed by atoms with Crippen molar-refractivity contribution < 1.29 is 24.2 Å². The topological polar surface area (TPSA) is 72.8 Å². The number of ether oxygens (including phenoxy) is 2. The zero-order valence-electron chi connectivity index (χ0n) is 13.9. The smallest absolute Gasteiger partial charge is 0.349 e. The predicted octanol–water partition coefficient (Wildman–Crippen LogP) is 3.26. The molecule has 0 fully saturated rings. The van der Waals surface area contributed by atoms with E-state index in [0.29, 0.717) is 11.3 Å². The number of phenols is 1. The molecule has 1 atom stereocenters. The van der Waals surface area contributed by atoms with Crippen molar-refractivity contribution in [1.29, 1.82) is 0 Å². The minimum absolute atomic E-state index is 0.122. The van der Waals surface area contributed by atoms with E-state index < -0.39 is 24.5 Å². The van der Waals surface area contributed by atoms with Crippen LogP contribution in [0, 0.1) is 13.8 Å². The summed E-state index contributed by atoms with van der Waals surface area (Å²) in [5.41, 5.74) is 2.61. The summed E-state index contributed by atoms with van der Waals surface area (Å²) < 4.78 is 10.2. The van der Waals surface area contributed by atoms with Crippen molar-refractivity contribution in [3.05, 3.63) is 59.2 Å². The third-order valence-corrected chi connectivity index (χ3v) is 3.63. The van der Waals surface area contributed by atoms with Crippen LogP contribution >= 0.6 is 0 Å². The van der Waals surface area contributed by atoms with Gasteiger partial charge in [0, 0.05) is 0 Å². The second-order valence-electron chi connectivity index (χ2n) is 5.66. The molecule has 2 aromatic carbocycles. The Morgan fingerprint density at radius 2 is 1.75 bits per heavy atom. The lowest BCUT2D eigenvalue weighted by Gasteiger charge is -2.12. The van der Waals surface area contributed by atoms with Crippen LogP contribution in [0.5, 0.6) is 11.5 Å². The number of hydrogen-bond acceptors (Lipinski definition) is 5. The summed E-state index contributed by atoms with van der Waals surface area (Å²) in [5.74, 6) is -1.13. The fourth-order valence-electron chi connectivity index (χ4n) is 2.22. The van der Waals surface area contributed by atoms with E-state index in [1.165, 1.54) is 12.1 Å². The highest BCUT2D eigenvalue weighted by molar-refractivity contribution is 5.81. The Morgan fingerprint density at radius 3 is 2.38 bits per heavy atom. The van der Waals surface area contributed by atoms with Gasteiger partial charge >= 0.3 is 11.9 Å². The molecular weight excluding hydrogens is 308 g/mol. The van der Waals surface area contributed by atoms with Crippen molar-refractivity contribution in [1.82, 2.24) is 0 Å². The van der Waals surface area contributed by atoms with E-state index in [0.717, 1.165) is 11.1 Å². The molecule has 5 heteroatoms. The van der Waals surface area contributed by atoms with Gasteiger partial charge in [-0.25, -0.2) is 4.79 Å². The number of hydrogen-bond donors (Lipinski definition) is 1. The van der Waals surface area contributed by atoms with Gasteiger partial charge in [-0.3, -0.25) is 4.79 Å². The molecule has 0 aliphatic rings. The van der Waals surface area contributed by atoms with Gasteiger partial charge in [0.15, 0.2) is 6.61 Å². The molecule has 0 aliphatic carbocycles. The summed E-state index contributed by atoms with van der Waals surface area (Å²) in [5, 5.41) is 9.26. The highest BCUT2D eigenvalue weighted by Gasteiger charge is 2.19. The van der Waals surface area contributed by atoms with E-state index in [2.05, 4.69) is 0 Å². The third kappa shape index (κ3) is 4.59. The molecule has 0 saturated heterocycles. The maximum absolute atomic E-state index is 12.0. The zero-order valence-corrected chi connectivity index (χ0v) is 13.9. The lowest BCUT2D eigenvalue weighted by Crippen LogP contribution is -2.21. The van der Waals surface area contributed by atoms with E-state index in [-0.39, 0.29) is 5.75 Å². The first kappa shape index (κ1) is 17.5. The maximum Gasteiger partial charge on any atom is 0.349 e. The Balaban J connectivity index is 1.88. The monoisotopic (exact) mass is 328 g/mol. The summed E-state index contributed by atoms with van der Waals surface area (Å²) in [6, 6.07) is 11.7. The van der Waals surface area contributed by atoms with E-state index >= 15 is 0 Å². The molecule has 0 aromatic heterocycles. The van der Waals surface area contributed by atoms with Crippen molar-refractivity contribution in [2.24, 2.45) is 0 Å². The number of benzene rings is 2. The largest absolute Gasteiger partial charge is 0.508 e. The molecular formula is C19H20O5. The predicted molar refractivity (Wildman–Crippen MR) is 89.0 cm³/mol. The van der Waals surface area contributed by atoms with Crippen LogP contribution < -0.4 is 4.74 Å². The average Bonchev–Trinajstić information content (AvgIpc) is 2.55. The van der Waals surface area contributed by atoms with Gasteiger partial charge in [0.1, 0.15) is 11.5 Å². The van der Waals surface area contributed by atoms with Gasteiger partial charge in [-0.15, -0.1) is 0 Å². The second kappa shape index (κ2) is 7.64. The SMILES string of the molecule is Cc1ccc(OC(=O)COC(=O)[C@@H](C)c2ccc(O)cc2)c(C)c1. The molecule has 5 nitrogen and oxygen atoms in total. The van der Waals surface area contributed by atoms with Gasteiger partial charge in [0.25, 0.3) is 0 Å². The van der Waals surface area contributed by atoms with Crippen LogP contribution in [0.25, 0.3) is 0 Å². The molecule has 2 aromatic rings. The van der Waals surface area contributed by atoms with Crippen molar-refractivity contribution >= 4 is 11.9 Å². The van der Waals surface area contributed by atoms with Gasteiger partial charge in [-0.1, -0.05) is 29.8 Å². The molecule has 0 bridgehead atoms. The Bertz CT molecular complexity index is 734. The summed E-state index contributed by atoms with van der Waals surface area (Å²) in [6.07, 6.45) is 0. The van der Waals surface area contributed by atoms with Crippen LogP contribution in [-0.4, -0.2) is 23.7 Å². The Labute approximate surface area is 140 Å². The average molecular weight is 328 g/mol. The molecule has 0 amide bonds. The summed E-state index contributed by atoms with van der Waals surface area (Å²) in [4.78, 5) is 23.8. The van der Waals surface area contributed by atoms with Crippen LogP contribution in [0.15, 0.2) is 42.5 Å². The minimum atomic E-state index is -0.631.